The van der Waals surface area contributed by atoms with Crippen LogP contribution in [0.1, 0.15) is 34.5 Å². The molecule has 0 aromatic carbocycles. The smallest absolute Gasteiger partial charge is 0.0900 e. The van der Waals surface area contributed by atoms with Crippen LogP contribution in [0.25, 0.3) is 0 Å². The van der Waals surface area contributed by atoms with Gasteiger partial charge in [-0.05, 0) is 32.6 Å². The van der Waals surface area contributed by atoms with Crippen LogP contribution in [0.15, 0.2) is 0 Å². The van der Waals surface area contributed by atoms with Gasteiger partial charge in [-0.25, -0.2) is 4.98 Å². The lowest BCUT2D eigenvalue weighted by molar-refractivity contribution is 0.0539. The molecule has 0 bridgehead atoms. The second kappa shape index (κ2) is 5.23. The molecule has 1 saturated heterocycles. The lowest BCUT2D eigenvalue weighted by Gasteiger charge is -2.29. The van der Waals surface area contributed by atoms with E-state index in [4.69, 9.17) is 10.6 Å². The number of aryl methyl sites for hydroxylation is 2. The molecule has 2 rings (SSSR count). The molecule has 0 radical (unpaired) electrons. The molecule has 1 fully saturated rings. The van der Waals surface area contributed by atoms with Crippen LogP contribution in [-0.4, -0.2) is 18.2 Å². The van der Waals surface area contributed by atoms with Gasteiger partial charge in [0.25, 0.3) is 0 Å². The standard InChI is InChI=1S/C11H19N3OS/c1-7-11(16-8(2)13-7)10(14-12)9-3-5-15-6-4-9/h9-10,14H,3-6,12H2,1-2H3. The highest BCUT2D eigenvalue weighted by Gasteiger charge is 2.27. The number of hydrogen-bond acceptors (Lipinski definition) is 5. The summed E-state index contributed by atoms with van der Waals surface area (Å²) in [6.45, 7) is 5.79. The number of thiazole rings is 1. The minimum absolute atomic E-state index is 0.232. The number of hydrogen-bond donors (Lipinski definition) is 2. The van der Waals surface area contributed by atoms with Gasteiger partial charge in [-0.2, -0.15) is 0 Å². The summed E-state index contributed by atoms with van der Waals surface area (Å²) in [6, 6.07) is 0.232. The SMILES string of the molecule is Cc1nc(C)c(C(NN)C2CCOCC2)s1. The van der Waals surface area contributed by atoms with E-state index in [-0.39, 0.29) is 6.04 Å². The number of nitrogens with zero attached hydrogens (tertiary/aromatic N) is 1. The van der Waals surface area contributed by atoms with Crippen molar-refractivity contribution in [3.8, 4) is 0 Å². The Bertz CT molecular complexity index is 347. The van der Waals surface area contributed by atoms with Crippen molar-refractivity contribution in [2.45, 2.75) is 32.7 Å². The summed E-state index contributed by atoms with van der Waals surface area (Å²) in [6.07, 6.45) is 2.15. The molecule has 1 aliphatic rings. The van der Waals surface area contributed by atoms with E-state index in [1.165, 1.54) is 4.88 Å². The van der Waals surface area contributed by atoms with Crippen LogP contribution in [0.3, 0.4) is 0 Å². The molecule has 0 spiro atoms. The number of aromatic nitrogens is 1. The van der Waals surface area contributed by atoms with Crippen molar-refractivity contribution in [1.29, 1.82) is 0 Å². The third-order valence-corrected chi connectivity index (χ3v) is 4.29. The Balaban J connectivity index is 2.17. The van der Waals surface area contributed by atoms with Crippen LogP contribution in [0.5, 0.6) is 0 Å². The van der Waals surface area contributed by atoms with Crippen molar-refractivity contribution in [1.82, 2.24) is 10.4 Å². The van der Waals surface area contributed by atoms with Gasteiger partial charge < -0.3 is 4.74 Å². The Morgan fingerprint density at radius 2 is 2.12 bits per heavy atom. The zero-order chi connectivity index (χ0) is 11.5. The highest BCUT2D eigenvalue weighted by molar-refractivity contribution is 7.11. The van der Waals surface area contributed by atoms with Crippen LogP contribution >= 0.6 is 11.3 Å². The zero-order valence-corrected chi connectivity index (χ0v) is 10.6. The van der Waals surface area contributed by atoms with Crippen molar-refractivity contribution in [2.24, 2.45) is 11.8 Å². The van der Waals surface area contributed by atoms with E-state index in [0.29, 0.717) is 5.92 Å². The molecule has 1 aromatic rings. The van der Waals surface area contributed by atoms with Gasteiger partial charge in [-0.15, -0.1) is 11.3 Å². The predicted octanol–water partition coefficient (Wildman–Crippen LogP) is 1.69. The van der Waals surface area contributed by atoms with E-state index in [0.717, 1.165) is 36.8 Å². The van der Waals surface area contributed by atoms with Gasteiger partial charge in [0.2, 0.25) is 0 Å². The van der Waals surface area contributed by atoms with E-state index in [1.54, 1.807) is 11.3 Å². The van der Waals surface area contributed by atoms with Crippen LogP contribution in [0, 0.1) is 19.8 Å². The predicted molar refractivity (Wildman–Crippen MR) is 65.2 cm³/mol. The number of rotatable bonds is 3. The van der Waals surface area contributed by atoms with Gasteiger partial charge in [0.05, 0.1) is 16.7 Å². The molecule has 4 nitrogen and oxygen atoms in total. The summed E-state index contributed by atoms with van der Waals surface area (Å²) in [5, 5.41) is 1.11. The summed E-state index contributed by atoms with van der Waals surface area (Å²) in [4.78, 5) is 5.75. The normalized spacial score (nSPS) is 19.9. The van der Waals surface area contributed by atoms with E-state index in [1.807, 2.05) is 6.92 Å². The maximum absolute atomic E-state index is 5.70. The third-order valence-electron chi connectivity index (χ3n) is 3.14. The van der Waals surface area contributed by atoms with E-state index in [9.17, 15) is 0 Å². The number of ether oxygens (including phenoxy) is 1. The molecular formula is C11H19N3OS. The highest BCUT2D eigenvalue weighted by atomic mass is 32.1. The molecule has 90 valence electrons. The Morgan fingerprint density at radius 3 is 2.62 bits per heavy atom. The largest absolute Gasteiger partial charge is 0.381 e. The molecule has 1 unspecified atom stereocenters. The molecule has 1 atom stereocenters. The minimum Gasteiger partial charge on any atom is -0.381 e. The average Bonchev–Trinajstić information content (AvgIpc) is 2.61. The first-order valence-corrected chi connectivity index (χ1v) is 6.52. The van der Waals surface area contributed by atoms with Gasteiger partial charge in [0.15, 0.2) is 0 Å². The molecule has 2 heterocycles. The van der Waals surface area contributed by atoms with Gasteiger partial charge in [0.1, 0.15) is 0 Å². The van der Waals surface area contributed by atoms with E-state index < -0.39 is 0 Å². The fourth-order valence-electron chi connectivity index (χ4n) is 2.31. The molecule has 5 heteroatoms. The quantitative estimate of drug-likeness (QED) is 0.624. The van der Waals surface area contributed by atoms with Gasteiger partial charge in [-0.3, -0.25) is 11.3 Å². The number of nitrogens with one attached hydrogen (secondary N) is 1. The van der Waals surface area contributed by atoms with Crippen molar-refractivity contribution in [2.75, 3.05) is 13.2 Å². The minimum atomic E-state index is 0.232. The van der Waals surface area contributed by atoms with Crippen LogP contribution in [-0.2, 0) is 4.74 Å². The molecule has 1 aromatic heterocycles. The molecule has 16 heavy (non-hydrogen) atoms. The fraction of sp³-hybridized carbons (Fsp3) is 0.727. The first-order chi connectivity index (χ1) is 7.72. The van der Waals surface area contributed by atoms with Crippen LogP contribution in [0.4, 0.5) is 0 Å². The lowest BCUT2D eigenvalue weighted by atomic mass is 9.91. The summed E-state index contributed by atoms with van der Waals surface area (Å²) < 4.78 is 5.38. The fourth-order valence-corrected chi connectivity index (χ4v) is 3.39. The van der Waals surface area contributed by atoms with Crippen molar-refractivity contribution in [3.05, 3.63) is 15.6 Å². The van der Waals surface area contributed by atoms with Crippen molar-refractivity contribution < 1.29 is 4.74 Å². The molecule has 3 N–H and O–H groups in total. The second-order valence-corrected chi connectivity index (χ2v) is 5.51. The van der Waals surface area contributed by atoms with Gasteiger partial charge >= 0.3 is 0 Å². The maximum atomic E-state index is 5.70. The lowest BCUT2D eigenvalue weighted by Crippen LogP contribution is -2.36. The maximum Gasteiger partial charge on any atom is 0.0900 e. The average molecular weight is 241 g/mol. The molecule has 0 aliphatic carbocycles. The van der Waals surface area contributed by atoms with Crippen LogP contribution in [0.2, 0.25) is 0 Å². The number of hydrazine groups is 1. The molecule has 0 saturated carbocycles. The zero-order valence-electron chi connectivity index (χ0n) is 9.82. The third kappa shape index (κ3) is 2.43. The second-order valence-electron chi connectivity index (χ2n) is 4.28. The van der Waals surface area contributed by atoms with E-state index in [2.05, 4.69) is 17.3 Å². The Hall–Kier alpha value is -0.490. The van der Waals surface area contributed by atoms with Crippen molar-refractivity contribution >= 4 is 11.3 Å². The molecule has 0 amide bonds. The summed E-state index contributed by atoms with van der Waals surface area (Å²) in [5.41, 5.74) is 4.07. The Morgan fingerprint density at radius 1 is 1.44 bits per heavy atom. The monoisotopic (exact) mass is 241 g/mol. The Labute approximate surface area is 100 Å². The molecule has 1 aliphatic heterocycles. The van der Waals surface area contributed by atoms with Gasteiger partial charge in [-0.1, -0.05) is 0 Å². The topological polar surface area (TPSA) is 60.2 Å². The number of nitrogens with two attached hydrogens (primary N) is 1. The summed E-state index contributed by atoms with van der Waals surface area (Å²) in [5.74, 6) is 6.27. The van der Waals surface area contributed by atoms with Gasteiger partial charge in [0, 0.05) is 18.1 Å². The first kappa shape index (κ1) is 12.0. The van der Waals surface area contributed by atoms with E-state index >= 15 is 0 Å². The van der Waals surface area contributed by atoms with Crippen molar-refractivity contribution in [3.63, 3.8) is 0 Å². The first-order valence-electron chi connectivity index (χ1n) is 5.70. The summed E-state index contributed by atoms with van der Waals surface area (Å²) in [7, 11) is 0. The molecular weight excluding hydrogens is 222 g/mol. The Kier molecular flexibility index (Phi) is 3.91. The highest BCUT2D eigenvalue weighted by Crippen LogP contribution is 2.34. The van der Waals surface area contributed by atoms with Crippen LogP contribution < -0.4 is 11.3 Å². The summed E-state index contributed by atoms with van der Waals surface area (Å²) >= 11 is 1.75.